The summed E-state index contributed by atoms with van der Waals surface area (Å²) in [5.74, 6) is 1.02. The number of nitrogens with zero attached hydrogens (tertiary/aromatic N) is 2. The number of fused-ring (bicyclic) bond motifs is 1. The predicted octanol–water partition coefficient (Wildman–Crippen LogP) is 3.02. The highest BCUT2D eigenvalue weighted by Gasteiger charge is 2.39. The van der Waals surface area contributed by atoms with Crippen LogP contribution in [0.4, 0.5) is 0 Å². The molecule has 4 heteroatoms. The van der Waals surface area contributed by atoms with Crippen molar-refractivity contribution in [1.82, 2.24) is 10.2 Å². The highest BCUT2D eigenvalue weighted by molar-refractivity contribution is 5.84. The van der Waals surface area contributed by atoms with Crippen LogP contribution in [0.1, 0.15) is 29.9 Å². The Kier molecular flexibility index (Phi) is 3.09. The topological polar surface area (TPSA) is 36.9 Å². The van der Waals surface area contributed by atoms with Crippen molar-refractivity contribution in [2.75, 3.05) is 6.54 Å². The standard InChI is InChI=1S/C17H17N3O/c1-3-7-13(8-4-1)16-18-12-11-15-19-21-17(20(15)16)14-9-5-2-6-10-14/h1-10,16-18H,11-12H2/t16-,17+/m1/s1. The van der Waals surface area contributed by atoms with Crippen LogP contribution in [0.3, 0.4) is 0 Å². The Balaban J connectivity index is 1.70. The predicted molar refractivity (Wildman–Crippen MR) is 81.3 cm³/mol. The summed E-state index contributed by atoms with van der Waals surface area (Å²) >= 11 is 0. The first-order valence-electron chi connectivity index (χ1n) is 7.28. The summed E-state index contributed by atoms with van der Waals surface area (Å²) in [6.07, 6.45) is 0.845. The monoisotopic (exact) mass is 279 g/mol. The molecular weight excluding hydrogens is 262 g/mol. The molecule has 0 aromatic heterocycles. The number of benzene rings is 2. The SMILES string of the molecule is c1ccc([C@@H]2NCCC3=NO[C@@H](c4ccccc4)N32)cc1. The van der Waals surface area contributed by atoms with Crippen LogP contribution in [0.25, 0.3) is 0 Å². The van der Waals surface area contributed by atoms with E-state index in [1.807, 2.05) is 24.3 Å². The molecular formula is C17H17N3O. The van der Waals surface area contributed by atoms with E-state index in [1.165, 1.54) is 5.56 Å². The number of rotatable bonds is 2. The van der Waals surface area contributed by atoms with Crippen LogP contribution in [-0.2, 0) is 4.84 Å². The van der Waals surface area contributed by atoms with Crippen LogP contribution in [0.2, 0.25) is 0 Å². The number of nitrogens with one attached hydrogen (secondary N) is 1. The van der Waals surface area contributed by atoms with E-state index < -0.39 is 0 Å². The second-order valence-electron chi connectivity index (χ2n) is 5.30. The maximum atomic E-state index is 5.71. The molecule has 2 aliphatic rings. The highest BCUT2D eigenvalue weighted by atomic mass is 16.7. The molecule has 21 heavy (non-hydrogen) atoms. The van der Waals surface area contributed by atoms with Crippen LogP contribution in [0.15, 0.2) is 65.8 Å². The van der Waals surface area contributed by atoms with Gasteiger partial charge >= 0.3 is 0 Å². The second-order valence-corrected chi connectivity index (χ2v) is 5.30. The zero-order valence-electron chi connectivity index (χ0n) is 11.6. The Morgan fingerprint density at radius 1 is 0.952 bits per heavy atom. The van der Waals surface area contributed by atoms with E-state index in [9.17, 15) is 0 Å². The van der Waals surface area contributed by atoms with Gasteiger partial charge in [0.15, 0.2) is 5.84 Å². The van der Waals surface area contributed by atoms with E-state index in [1.54, 1.807) is 0 Å². The Hall–Kier alpha value is -2.33. The largest absolute Gasteiger partial charge is 0.364 e. The van der Waals surface area contributed by atoms with Crippen LogP contribution in [0.5, 0.6) is 0 Å². The molecule has 2 aliphatic heterocycles. The fourth-order valence-electron chi connectivity index (χ4n) is 2.98. The zero-order valence-corrected chi connectivity index (χ0v) is 11.6. The molecule has 0 saturated carbocycles. The minimum Gasteiger partial charge on any atom is -0.364 e. The van der Waals surface area contributed by atoms with Gasteiger partial charge < -0.3 is 4.84 Å². The van der Waals surface area contributed by atoms with Crippen LogP contribution < -0.4 is 5.32 Å². The molecule has 0 amide bonds. The summed E-state index contributed by atoms with van der Waals surface area (Å²) in [5, 5.41) is 7.87. The van der Waals surface area contributed by atoms with Crippen molar-refractivity contribution in [3.63, 3.8) is 0 Å². The van der Waals surface area contributed by atoms with Crippen molar-refractivity contribution >= 4 is 5.84 Å². The molecule has 1 saturated heterocycles. The Morgan fingerprint density at radius 2 is 1.62 bits per heavy atom. The molecule has 2 aromatic carbocycles. The molecule has 2 aromatic rings. The van der Waals surface area contributed by atoms with E-state index in [0.29, 0.717) is 0 Å². The van der Waals surface area contributed by atoms with Crippen molar-refractivity contribution in [2.45, 2.75) is 18.8 Å². The summed E-state index contributed by atoms with van der Waals surface area (Å²) in [4.78, 5) is 7.96. The van der Waals surface area contributed by atoms with Gasteiger partial charge in [-0.15, -0.1) is 0 Å². The van der Waals surface area contributed by atoms with Crippen molar-refractivity contribution in [1.29, 1.82) is 0 Å². The number of hydrogen-bond donors (Lipinski definition) is 1. The summed E-state index contributed by atoms with van der Waals surface area (Å²) < 4.78 is 0. The van der Waals surface area contributed by atoms with Gasteiger partial charge in [-0.25, -0.2) is 0 Å². The molecule has 0 unspecified atom stereocenters. The second kappa shape index (κ2) is 5.22. The molecule has 4 rings (SSSR count). The van der Waals surface area contributed by atoms with E-state index >= 15 is 0 Å². The van der Waals surface area contributed by atoms with Gasteiger partial charge in [-0.1, -0.05) is 65.8 Å². The van der Waals surface area contributed by atoms with Crippen LogP contribution in [-0.4, -0.2) is 17.3 Å². The fraction of sp³-hybridized carbons (Fsp3) is 0.235. The quantitative estimate of drug-likeness (QED) is 0.918. The summed E-state index contributed by atoms with van der Waals surface area (Å²) in [7, 11) is 0. The van der Waals surface area contributed by atoms with Gasteiger partial charge in [0, 0.05) is 18.5 Å². The Morgan fingerprint density at radius 3 is 2.33 bits per heavy atom. The maximum absolute atomic E-state index is 5.71. The Labute approximate surface area is 124 Å². The lowest BCUT2D eigenvalue weighted by atomic mass is 10.1. The average molecular weight is 279 g/mol. The molecule has 0 spiro atoms. The fourth-order valence-corrected chi connectivity index (χ4v) is 2.98. The van der Waals surface area contributed by atoms with Crippen LogP contribution in [0, 0.1) is 0 Å². The Bertz CT molecular complexity index is 642. The first-order valence-corrected chi connectivity index (χ1v) is 7.28. The van der Waals surface area contributed by atoms with Crippen molar-refractivity contribution in [2.24, 2.45) is 5.16 Å². The third-order valence-electron chi connectivity index (χ3n) is 3.97. The van der Waals surface area contributed by atoms with Crippen molar-refractivity contribution < 1.29 is 4.84 Å². The van der Waals surface area contributed by atoms with E-state index in [2.05, 4.69) is 51.8 Å². The summed E-state index contributed by atoms with van der Waals surface area (Å²) in [5.41, 5.74) is 2.36. The van der Waals surface area contributed by atoms with Gasteiger partial charge in [-0.3, -0.25) is 10.2 Å². The number of oxime groups is 1. The number of hydrogen-bond acceptors (Lipinski definition) is 4. The lowest BCUT2D eigenvalue weighted by molar-refractivity contribution is -0.0169. The lowest BCUT2D eigenvalue weighted by Gasteiger charge is -2.37. The smallest absolute Gasteiger partial charge is 0.228 e. The first kappa shape index (κ1) is 12.4. The summed E-state index contributed by atoms with van der Waals surface area (Å²) in [6.45, 7) is 0.916. The van der Waals surface area contributed by atoms with Gasteiger partial charge in [-0.2, -0.15) is 0 Å². The minimum atomic E-state index is -0.154. The molecule has 2 atom stereocenters. The highest BCUT2D eigenvalue weighted by Crippen LogP contribution is 2.37. The van der Waals surface area contributed by atoms with Gasteiger partial charge in [0.05, 0.1) is 0 Å². The molecule has 1 fully saturated rings. The third kappa shape index (κ3) is 2.17. The molecule has 0 bridgehead atoms. The molecule has 106 valence electrons. The molecule has 0 aliphatic carbocycles. The lowest BCUT2D eigenvalue weighted by Crippen LogP contribution is -2.47. The van der Waals surface area contributed by atoms with Crippen LogP contribution >= 0.6 is 0 Å². The van der Waals surface area contributed by atoms with E-state index in [4.69, 9.17) is 4.84 Å². The third-order valence-corrected chi connectivity index (χ3v) is 3.97. The normalized spacial score (nSPS) is 24.2. The number of amidine groups is 1. The van der Waals surface area contributed by atoms with Gasteiger partial charge in [-0.05, 0) is 5.56 Å². The first-order chi connectivity index (χ1) is 10.4. The zero-order chi connectivity index (χ0) is 14.1. The van der Waals surface area contributed by atoms with E-state index in [-0.39, 0.29) is 12.4 Å². The minimum absolute atomic E-state index is 0.103. The molecule has 4 nitrogen and oxygen atoms in total. The van der Waals surface area contributed by atoms with E-state index in [0.717, 1.165) is 24.4 Å². The van der Waals surface area contributed by atoms with Gasteiger partial charge in [0.2, 0.25) is 6.23 Å². The van der Waals surface area contributed by atoms with Crippen molar-refractivity contribution in [3.8, 4) is 0 Å². The van der Waals surface area contributed by atoms with Crippen molar-refractivity contribution in [3.05, 3.63) is 71.8 Å². The molecule has 2 heterocycles. The molecule has 0 radical (unpaired) electrons. The van der Waals surface area contributed by atoms with Gasteiger partial charge in [0.1, 0.15) is 6.17 Å². The molecule has 1 N–H and O–H groups in total. The van der Waals surface area contributed by atoms with Gasteiger partial charge in [0.25, 0.3) is 0 Å². The average Bonchev–Trinajstić information content (AvgIpc) is 3.00. The maximum Gasteiger partial charge on any atom is 0.228 e. The summed E-state index contributed by atoms with van der Waals surface area (Å²) in [6, 6.07) is 20.7.